The molecule has 7 heteroatoms. The van der Waals surface area contributed by atoms with Crippen molar-refractivity contribution >= 4 is 34.6 Å². The number of aliphatic imine (C=N–C) groups is 1. The van der Waals surface area contributed by atoms with Gasteiger partial charge in [-0.05, 0) is 42.8 Å². The van der Waals surface area contributed by atoms with Crippen molar-refractivity contribution in [2.75, 3.05) is 23.7 Å². The summed E-state index contributed by atoms with van der Waals surface area (Å²) in [6, 6.07) is 6.24. The number of likely N-dealkylation sites (tertiary alicyclic amines) is 1. The third-order valence-electron chi connectivity index (χ3n) is 5.83. The molecule has 1 saturated heterocycles. The van der Waals surface area contributed by atoms with E-state index in [-0.39, 0.29) is 11.4 Å². The Hall–Kier alpha value is -2.41. The molecule has 2 aromatic heterocycles. The average Bonchev–Trinajstić information content (AvgIpc) is 3.44. The lowest BCUT2D eigenvalue weighted by Gasteiger charge is -2.38. The molecule has 5 rings (SSSR count). The SMILES string of the molecule is O=C(c1ccsc1)N1CC[C@@]2(C1)Nc1cccnc1NC2=NC1CCCC1. The number of fused-ring (bicyclic) bond motifs is 1. The molecule has 2 aliphatic heterocycles. The van der Waals surface area contributed by atoms with Gasteiger partial charge in [0.15, 0.2) is 5.82 Å². The molecule has 1 atom stereocenters. The van der Waals surface area contributed by atoms with Crippen LogP contribution in [0.3, 0.4) is 0 Å². The lowest BCUT2D eigenvalue weighted by molar-refractivity contribution is 0.0790. The Morgan fingerprint density at radius 3 is 3.04 bits per heavy atom. The highest BCUT2D eigenvalue weighted by Crippen LogP contribution is 2.37. The number of thiophene rings is 1. The van der Waals surface area contributed by atoms with E-state index in [1.165, 1.54) is 12.8 Å². The van der Waals surface area contributed by atoms with E-state index in [0.717, 1.165) is 48.7 Å². The Labute approximate surface area is 162 Å². The molecule has 27 heavy (non-hydrogen) atoms. The predicted octanol–water partition coefficient (Wildman–Crippen LogP) is 3.61. The number of amides is 1. The van der Waals surface area contributed by atoms with E-state index < -0.39 is 0 Å². The van der Waals surface area contributed by atoms with Gasteiger partial charge in [0, 0.05) is 18.1 Å². The van der Waals surface area contributed by atoms with Gasteiger partial charge in [0.2, 0.25) is 0 Å². The molecule has 2 aromatic rings. The first-order valence-electron chi connectivity index (χ1n) is 9.63. The first-order valence-corrected chi connectivity index (χ1v) is 10.6. The van der Waals surface area contributed by atoms with Crippen LogP contribution >= 0.6 is 11.3 Å². The number of amidine groups is 1. The van der Waals surface area contributed by atoms with Crippen LogP contribution in [-0.4, -0.2) is 46.3 Å². The van der Waals surface area contributed by atoms with Crippen molar-refractivity contribution in [2.24, 2.45) is 4.99 Å². The first-order chi connectivity index (χ1) is 13.2. The van der Waals surface area contributed by atoms with Gasteiger partial charge in [0.25, 0.3) is 5.91 Å². The van der Waals surface area contributed by atoms with Crippen molar-refractivity contribution in [3.63, 3.8) is 0 Å². The number of hydrogen-bond donors (Lipinski definition) is 2. The summed E-state index contributed by atoms with van der Waals surface area (Å²) in [7, 11) is 0. The molecule has 140 valence electrons. The fourth-order valence-electron chi connectivity index (χ4n) is 4.37. The van der Waals surface area contributed by atoms with Crippen molar-refractivity contribution in [1.29, 1.82) is 0 Å². The zero-order valence-corrected chi connectivity index (χ0v) is 16.0. The minimum atomic E-state index is -0.357. The number of nitrogens with zero attached hydrogens (tertiary/aromatic N) is 3. The largest absolute Gasteiger partial charge is 0.368 e. The van der Waals surface area contributed by atoms with Crippen molar-refractivity contribution in [3.8, 4) is 0 Å². The number of hydrogen-bond acceptors (Lipinski definition) is 5. The lowest BCUT2D eigenvalue weighted by atomic mass is 9.93. The monoisotopic (exact) mass is 381 g/mol. The highest BCUT2D eigenvalue weighted by molar-refractivity contribution is 7.08. The summed E-state index contributed by atoms with van der Waals surface area (Å²) in [4.78, 5) is 24.4. The van der Waals surface area contributed by atoms with Crippen molar-refractivity contribution in [1.82, 2.24) is 9.88 Å². The topological polar surface area (TPSA) is 69.6 Å². The van der Waals surface area contributed by atoms with E-state index in [2.05, 4.69) is 15.6 Å². The molecule has 3 aliphatic rings. The van der Waals surface area contributed by atoms with Gasteiger partial charge in [0.1, 0.15) is 11.4 Å². The summed E-state index contributed by atoms with van der Waals surface area (Å²) in [5, 5.41) is 11.0. The van der Waals surface area contributed by atoms with E-state index in [9.17, 15) is 4.79 Å². The van der Waals surface area contributed by atoms with E-state index in [1.54, 1.807) is 17.5 Å². The molecule has 1 spiro atoms. The van der Waals surface area contributed by atoms with E-state index in [4.69, 9.17) is 4.99 Å². The van der Waals surface area contributed by atoms with Crippen molar-refractivity contribution in [3.05, 3.63) is 40.7 Å². The maximum absolute atomic E-state index is 12.9. The zero-order chi connectivity index (χ0) is 18.3. The van der Waals surface area contributed by atoms with Gasteiger partial charge >= 0.3 is 0 Å². The van der Waals surface area contributed by atoms with Crippen molar-refractivity contribution in [2.45, 2.75) is 43.7 Å². The Morgan fingerprint density at radius 1 is 1.33 bits per heavy atom. The summed E-state index contributed by atoms with van der Waals surface area (Å²) < 4.78 is 0. The fraction of sp³-hybridized carbons (Fsp3) is 0.450. The smallest absolute Gasteiger partial charge is 0.254 e. The molecule has 0 unspecified atom stereocenters. The second-order valence-corrected chi connectivity index (χ2v) is 8.42. The summed E-state index contributed by atoms with van der Waals surface area (Å²) >= 11 is 1.56. The van der Waals surface area contributed by atoms with E-state index in [1.807, 2.05) is 33.9 Å². The molecular formula is C20H23N5OS. The molecule has 0 bridgehead atoms. The number of nitrogens with one attached hydrogen (secondary N) is 2. The van der Waals surface area contributed by atoms with Gasteiger partial charge in [-0.1, -0.05) is 12.8 Å². The minimum Gasteiger partial charge on any atom is -0.368 e. The Bertz CT molecular complexity index is 874. The summed E-state index contributed by atoms with van der Waals surface area (Å²) in [6.45, 7) is 1.34. The van der Waals surface area contributed by atoms with E-state index in [0.29, 0.717) is 12.6 Å². The molecule has 0 radical (unpaired) electrons. The quantitative estimate of drug-likeness (QED) is 0.834. The minimum absolute atomic E-state index is 0.104. The van der Waals surface area contributed by atoms with Gasteiger partial charge < -0.3 is 15.5 Å². The molecule has 2 fully saturated rings. The summed E-state index contributed by atoms with van der Waals surface area (Å²) in [5.74, 6) is 1.87. The maximum Gasteiger partial charge on any atom is 0.254 e. The van der Waals surface area contributed by atoms with Crippen LogP contribution in [0.4, 0.5) is 11.5 Å². The third-order valence-corrected chi connectivity index (χ3v) is 6.52. The first kappa shape index (κ1) is 16.7. The Balaban J connectivity index is 1.47. The van der Waals surface area contributed by atoms with Gasteiger partial charge in [-0.2, -0.15) is 11.3 Å². The molecule has 0 aromatic carbocycles. The van der Waals surface area contributed by atoms with Crippen LogP contribution in [0.25, 0.3) is 0 Å². The van der Waals surface area contributed by atoms with Gasteiger partial charge in [-0.15, -0.1) is 0 Å². The van der Waals surface area contributed by atoms with Crippen LogP contribution in [0.15, 0.2) is 40.1 Å². The Kier molecular flexibility index (Phi) is 4.11. The summed E-state index contributed by atoms with van der Waals surface area (Å²) in [5.41, 5.74) is 1.40. The second kappa shape index (κ2) is 6.64. The van der Waals surface area contributed by atoms with Gasteiger partial charge in [-0.3, -0.25) is 9.79 Å². The fourth-order valence-corrected chi connectivity index (χ4v) is 5.00. The normalized spacial score (nSPS) is 26.2. The van der Waals surface area contributed by atoms with Gasteiger partial charge in [-0.25, -0.2) is 4.98 Å². The predicted molar refractivity (Wildman–Crippen MR) is 109 cm³/mol. The molecule has 1 aliphatic carbocycles. The molecule has 4 heterocycles. The molecule has 1 saturated carbocycles. The number of carbonyl (C=O) groups excluding carboxylic acids is 1. The van der Waals surface area contributed by atoms with Gasteiger partial charge in [0.05, 0.1) is 23.8 Å². The van der Waals surface area contributed by atoms with Crippen LogP contribution in [0.2, 0.25) is 0 Å². The molecular weight excluding hydrogens is 358 g/mol. The van der Waals surface area contributed by atoms with Crippen LogP contribution in [-0.2, 0) is 0 Å². The van der Waals surface area contributed by atoms with Crippen LogP contribution in [0.5, 0.6) is 0 Å². The third kappa shape index (κ3) is 3.00. The number of carbonyl (C=O) groups is 1. The average molecular weight is 382 g/mol. The van der Waals surface area contributed by atoms with Crippen LogP contribution in [0, 0.1) is 0 Å². The lowest BCUT2D eigenvalue weighted by Crippen LogP contribution is -2.55. The second-order valence-electron chi connectivity index (χ2n) is 7.64. The standard InChI is InChI=1S/C20H23N5OS/c26-18(14-7-11-27-12-14)25-10-8-20(13-25)19(22-15-4-1-2-5-15)23-17-16(24-20)6-3-9-21-17/h3,6-7,9,11-12,15,24H,1-2,4-5,8,10,13H2,(H,21,22,23)/t20-/m0/s1. The van der Waals surface area contributed by atoms with Crippen molar-refractivity contribution < 1.29 is 4.79 Å². The molecule has 2 N–H and O–H groups in total. The molecule has 6 nitrogen and oxygen atoms in total. The highest BCUT2D eigenvalue weighted by atomic mass is 32.1. The summed E-state index contributed by atoms with van der Waals surface area (Å²) in [6.07, 6.45) is 7.43. The zero-order valence-electron chi connectivity index (χ0n) is 15.1. The van der Waals surface area contributed by atoms with E-state index >= 15 is 0 Å². The van der Waals surface area contributed by atoms with Crippen LogP contribution in [0.1, 0.15) is 42.5 Å². The Morgan fingerprint density at radius 2 is 2.22 bits per heavy atom. The number of anilines is 2. The number of pyridine rings is 1. The number of aromatic nitrogens is 1. The van der Waals surface area contributed by atoms with Crippen LogP contribution < -0.4 is 10.6 Å². The highest BCUT2D eigenvalue weighted by Gasteiger charge is 2.47. The maximum atomic E-state index is 12.9. The molecule has 1 amide bonds. The number of rotatable bonds is 2.